The zero-order valence-electron chi connectivity index (χ0n) is 25.6. The van der Waals surface area contributed by atoms with Gasteiger partial charge in [0.25, 0.3) is 13.4 Å². The zero-order valence-corrected chi connectivity index (χ0v) is 25.6. The maximum atomic E-state index is 7.26. The zero-order chi connectivity index (χ0) is 30.8. The number of hydrogen-bond acceptors (Lipinski definition) is 2. The monoisotopic (exact) mass is 608 g/mol. The second kappa shape index (κ2) is 8.04. The molecule has 6 heteroatoms. The maximum absolute atomic E-state index is 7.26. The molecule has 4 aliphatic heterocycles. The van der Waals surface area contributed by atoms with E-state index < -0.39 is 0 Å². The van der Waals surface area contributed by atoms with E-state index in [1.54, 1.807) is 0 Å². The SMILES string of the molecule is c1ccc2c(c1)Oc1c3c(c4c5c1-n1c6ccccc6c6cccc(c61)B5c1ccccc1O4)-n1c4ccccc4c4cccc(c41)B23. The van der Waals surface area contributed by atoms with Crippen LogP contribution in [0.2, 0.25) is 0 Å². The summed E-state index contributed by atoms with van der Waals surface area (Å²) in [6, 6.07) is 48.5. The van der Waals surface area contributed by atoms with Crippen molar-refractivity contribution in [2.45, 2.75) is 0 Å². The van der Waals surface area contributed by atoms with Crippen LogP contribution in [-0.2, 0) is 0 Å². The van der Waals surface area contributed by atoms with Crippen LogP contribution in [0.1, 0.15) is 0 Å². The third-order valence-corrected chi connectivity index (χ3v) is 11.4. The van der Waals surface area contributed by atoms with Gasteiger partial charge in [-0.05, 0) is 46.1 Å². The molecule has 0 spiro atoms. The molecule has 0 saturated heterocycles. The Morgan fingerprint density at radius 2 is 0.771 bits per heavy atom. The lowest BCUT2D eigenvalue weighted by Gasteiger charge is -2.41. The summed E-state index contributed by atoms with van der Waals surface area (Å²) in [5.41, 5.74) is 14.4. The average Bonchev–Trinajstić information content (AvgIpc) is 3.66. The van der Waals surface area contributed by atoms with Crippen molar-refractivity contribution in [1.82, 2.24) is 9.13 Å². The number of nitrogens with zero attached hydrogens (tertiary/aromatic N) is 2. The Hall–Kier alpha value is -6.13. The van der Waals surface area contributed by atoms with Gasteiger partial charge < -0.3 is 18.6 Å². The van der Waals surface area contributed by atoms with Crippen LogP contribution < -0.4 is 42.3 Å². The highest BCUT2D eigenvalue weighted by Crippen LogP contribution is 2.47. The Balaban J connectivity index is 1.33. The summed E-state index contributed by atoms with van der Waals surface area (Å²) >= 11 is 0. The first-order valence-electron chi connectivity index (χ1n) is 16.7. The van der Waals surface area contributed by atoms with Crippen molar-refractivity contribution >= 4 is 89.8 Å². The molecule has 0 amide bonds. The molecule has 0 bridgehead atoms. The predicted molar refractivity (Wildman–Crippen MR) is 197 cm³/mol. The second-order valence-corrected chi connectivity index (χ2v) is 13.5. The molecular formula is C42H22B2N2O2. The molecule has 13 rings (SSSR count). The number of hydrogen-bond donors (Lipinski definition) is 0. The Kier molecular flexibility index (Phi) is 4.04. The van der Waals surface area contributed by atoms with Crippen LogP contribution in [0.4, 0.5) is 0 Å². The lowest BCUT2D eigenvalue weighted by Crippen LogP contribution is -2.63. The maximum Gasteiger partial charge on any atom is 0.256 e. The van der Waals surface area contributed by atoms with E-state index in [2.05, 4.69) is 143 Å². The van der Waals surface area contributed by atoms with Gasteiger partial charge in [0, 0.05) is 43.5 Å². The van der Waals surface area contributed by atoms with Gasteiger partial charge in [-0.2, -0.15) is 0 Å². The Morgan fingerprint density at radius 3 is 1.27 bits per heavy atom. The largest absolute Gasteiger partial charge is 0.456 e. The molecule has 4 nitrogen and oxygen atoms in total. The van der Waals surface area contributed by atoms with Crippen molar-refractivity contribution in [3.63, 3.8) is 0 Å². The van der Waals surface area contributed by atoms with Crippen LogP contribution in [0.5, 0.6) is 23.0 Å². The van der Waals surface area contributed by atoms with Crippen molar-refractivity contribution in [1.29, 1.82) is 0 Å². The van der Waals surface area contributed by atoms with Gasteiger partial charge in [-0.25, -0.2) is 0 Å². The molecule has 218 valence electrons. The smallest absolute Gasteiger partial charge is 0.256 e. The summed E-state index contributed by atoms with van der Waals surface area (Å²) in [6.07, 6.45) is 0. The van der Waals surface area contributed by atoms with E-state index in [9.17, 15) is 0 Å². The first-order valence-corrected chi connectivity index (χ1v) is 16.7. The minimum absolute atomic E-state index is 0.0179. The summed E-state index contributed by atoms with van der Waals surface area (Å²) in [7, 11) is 0. The van der Waals surface area contributed by atoms with Crippen molar-refractivity contribution in [2.24, 2.45) is 0 Å². The fraction of sp³-hybridized carbons (Fsp3) is 0. The van der Waals surface area contributed by atoms with Crippen LogP contribution in [0.15, 0.2) is 133 Å². The molecule has 0 saturated carbocycles. The van der Waals surface area contributed by atoms with Crippen LogP contribution in [0.3, 0.4) is 0 Å². The van der Waals surface area contributed by atoms with Crippen LogP contribution >= 0.6 is 0 Å². The highest BCUT2D eigenvalue weighted by molar-refractivity contribution is 7.02. The number of aromatic nitrogens is 2. The molecule has 0 atom stereocenters. The minimum Gasteiger partial charge on any atom is -0.456 e. The Morgan fingerprint density at radius 1 is 0.375 bits per heavy atom. The van der Waals surface area contributed by atoms with Gasteiger partial charge in [-0.1, -0.05) is 109 Å². The fourth-order valence-corrected chi connectivity index (χ4v) is 9.72. The Bertz CT molecular complexity index is 2790. The number of fused-ring (bicyclic) bond motifs is 16. The van der Waals surface area contributed by atoms with Crippen molar-refractivity contribution < 1.29 is 9.47 Å². The minimum atomic E-state index is -0.0179. The van der Waals surface area contributed by atoms with Gasteiger partial charge in [-0.3, -0.25) is 0 Å². The third kappa shape index (κ3) is 2.54. The number of para-hydroxylation sites is 6. The van der Waals surface area contributed by atoms with Gasteiger partial charge in [0.1, 0.15) is 23.0 Å². The summed E-state index contributed by atoms with van der Waals surface area (Å²) in [4.78, 5) is 0. The van der Waals surface area contributed by atoms with E-state index in [0.717, 1.165) is 34.4 Å². The summed E-state index contributed by atoms with van der Waals surface area (Å²) < 4.78 is 19.5. The summed E-state index contributed by atoms with van der Waals surface area (Å²) in [5.74, 6) is 3.69. The lowest BCUT2D eigenvalue weighted by atomic mass is 9.31. The molecule has 6 heterocycles. The highest BCUT2D eigenvalue weighted by atomic mass is 16.5. The van der Waals surface area contributed by atoms with Gasteiger partial charge in [0.15, 0.2) is 0 Å². The third-order valence-electron chi connectivity index (χ3n) is 11.4. The molecule has 2 aromatic heterocycles. The van der Waals surface area contributed by atoms with Gasteiger partial charge >= 0.3 is 0 Å². The molecule has 4 aliphatic rings. The first-order chi connectivity index (χ1) is 23.9. The number of rotatable bonds is 0. The van der Waals surface area contributed by atoms with Crippen LogP contribution in [-0.4, -0.2) is 22.6 Å². The average molecular weight is 608 g/mol. The second-order valence-electron chi connectivity index (χ2n) is 13.5. The predicted octanol–water partition coefficient (Wildman–Crippen LogP) is 5.75. The quantitative estimate of drug-likeness (QED) is 0.205. The van der Waals surface area contributed by atoms with Crippen molar-refractivity contribution in [3.05, 3.63) is 133 Å². The molecule has 7 aromatic carbocycles. The highest BCUT2D eigenvalue weighted by Gasteiger charge is 2.50. The topological polar surface area (TPSA) is 28.3 Å². The Labute approximate surface area is 275 Å². The van der Waals surface area contributed by atoms with E-state index in [1.165, 1.54) is 76.4 Å². The molecule has 0 N–H and O–H groups in total. The number of benzene rings is 7. The van der Waals surface area contributed by atoms with Crippen LogP contribution in [0, 0.1) is 0 Å². The summed E-state index contributed by atoms with van der Waals surface area (Å²) in [5, 5.41) is 5.02. The normalized spacial score (nSPS) is 14.1. The van der Waals surface area contributed by atoms with E-state index in [1.807, 2.05) is 0 Å². The van der Waals surface area contributed by atoms with E-state index in [4.69, 9.17) is 9.47 Å². The standard InChI is InChI=1S/C42H22B2N2O2/c1-5-19-31-23(11-1)25-13-9-17-29-37(25)45(31)39-35-42(48-33-21-7-3-15-27(33)43(29)35)40-36-41(39)47-34-22-8-4-16-28(34)44(36)30-18-10-14-26-24-12-2-6-20-32(24)46(40)38(26)30/h1-22H. The van der Waals surface area contributed by atoms with Gasteiger partial charge in [-0.15, -0.1) is 0 Å². The lowest BCUT2D eigenvalue weighted by molar-refractivity contribution is 0.472. The van der Waals surface area contributed by atoms with Crippen molar-refractivity contribution in [3.8, 4) is 34.4 Å². The molecule has 0 fully saturated rings. The van der Waals surface area contributed by atoms with Gasteiger partial charge in [0.2, 0.25) is 0 Å². The number of ether oxygens (including phenoxy) is 2. The van der Waals surface area contributed by atoms with E-state index in [0.29, 0.717) is 0 Å². The van der Waals surface area contributed by atoms with Crippen molar-refractivity contribution in [2.75, 3.05) is 0 Å². The molecular weight excluding hydrogens is 586 g/mol. The van der Waals surface area contributed by atoms with Crippen LogP contribution in [0.25, 0.3) is 55.0 Å². The summed E-state index contributed by atoms with van der Waals surface area (Å²) in [6.45, 7) is -0.0357. The molecule has 0 radical (unpaired) electrons. The molecule has 0 aliphatic carbocycles. The van der Waals surface area contributed by atoms with E-state index in [-0.39, 0.29) is 13.4 Å². The van der Waals surface area contributed by atoms with E-state index >= 15 is 0 Å². The molecule has 48 heavy (non-hydrogen) atoms. The fourth-order valence-electron chi connectivity index (χ4n) is 9.72. The first kappa shape index (κ1) is 24.1. The molecule has 9 aromatic rings. The van der Waals surface area contributed by atoms with Gasteiger partial charge in [0.05, 0.1) is 22.4 Å². The molecule has 0 unspecified atom stereocenters.